The third-order valence-corrected chi connectivity index (χ3v) is 4.78. The Morgan fingerprint density at radius 1 is 1.03 bits per heavy atom. The van der Waals surface area contributed by atoms with Gasteiger partial charge in [0.15, 0.2) is 0 Å². The fourth-order valence-electron chi connectivity index (χ4n) is 2.92. The molecule has 0 unspecified atom stereocenters. The molecule has 0 saturated heterocycles. The minimum Gasteiger partial charge on any atom is -0.497 e. The zero-order valence-electron chi connectivity index (χ0n) is 16.5. The Bertz CT molecular complexity index is 1310. The van der Waals surface area contributed by atoms with Crippen molar-refractivity contribution in [3.8, 4) is 17.1 Å². The summed E-state index contributed by atoms with van der Waals surface area (Å²) in [4.78, 5) is 27.6. The predicted octanol–water partition coefficient (Wildman–Crippen LogP) is 3.99. The lowest BCUT2D eigenvalue weighted by Gasteiger charge is -2.15. The number of ether oxygens (including phenoxy) is 1. The highest BCUT2D eigenvalue weighted by molar-refractivity contribution is 6.21. The van der Waals surface area contributed by atoms with Gasteiger partial charge in [0.1, 0.15) is 17.1 Å². The van der Waals surface area contributed by atoms with Gasteiger partial charge in [-0.2, -0.15) is 13.8 Å². The van der Waals surface area contributed by atoms with Crippen LogP contribution in [-0.4, -0.2) is 17.3 Å². The fourth-order valence-corrected chi connectivity index (χ4v) is 2.99. The molecule has 4 aromatic rings. The van der Waals surface area contributed by atoms with Crippen LogP contribution in [0.1, 0.15) is 11.5 Å². The molecule has 0 saturated carbocycles. The van der Waals surface area contributed by atoms with Gasteiger partial charge < -0.3 is 19.9 Å². The van der Waals surface area contributed by atoms with Crippen molar-refractivity contribution in [1.82, 2.24) is 10.1 Å². The standard InChI is InChI=1S/C21H15ClF2N4O4/c1-31-14-8-2-11(3-9-14)10-25-15-16(18(30)17(15)29)26-13-6-4-12(5-7-13)19-27-20(32-28-19)21(22,23)24/h2-9,25-26H,10H2,1H3. The Balaban J connectivity index is 1.45. The van der Waals surface area contributed by atoms with Crippen LogP contribution in [0.25, 0.3) is 11.4 Å². The number of halogens is 3. The van der Waals surface area contributed by atoms with E-state index in [1.54, 1.807) is 43.5 Å². The van der Waals surface area contributed by atoms with Crippen molar-refractivity contribution in [3.63, 3.8) is 0 Å². The number of hydrogen-bond acceptors (Lipinski definition) is 8. The number of nitrogens with zero attached hydrogens (tertiary/aromatic N) is 2. The number of anilines is 3. The number of rotatable bonds is 8. The molecule has 0 bridgehead atoms. The summed E-state index contributed by atoms with van der Waals surface area (Å²) in [5, 5.41) is 5.57. The molecule has 4 rings (SSSR count). The van der Waals surface area contributed by atoms with E-state index in [4.69, 9.17) is 16.3 Å². The number of benzene rings is 2. The Morgan fingerprint density at radius 2 is 1.69 bits per heavy atom. The molecule has 1 aromatic heterocycles. The molecule has 0 aliphatic carbocycles. The summed E-state index contributed by atoms with van der Waals surface area (Å²) in [6.07, 6.45) is 0. The molecule has 0 radical (unpaired) electrons. The molecule has 11 heteroatoms. The first kappa shape index (κ1) is 21.4. The average Bonchev–Trinajstić information content (AvgIpc) is 3.30. The van der Waals surface area contributed by atoms with E-state index in [9.17, 15) is 18.4 Å². The van der Waals surface area contributed by atoms with Crippen LogP contribution in [0.15, 0.2) is 62.6 Å². The van der Waals surface area contributed by atoms with Gasteiger partial charge in [-0.15, -0.1) is 0 Å². The number of methoxy groups -OCH3 is 1. The summed E-state index contributed by atoms with van der Waals surface area (Å²) in [6.45, 7) is 0.341. The third-order valence-electron chi connectivity index (χ3n) is 4.62. The molecule has 0 amide bonds. The quantitative estimate of drug-likeness (QED) is 0.300. The Labute approximate surface area is 184 Å². The van der Waals surface area contributed by atoms with Crippen molar-refractivity contribution in [2.45, 2.75) is 11.9 Å². The van der Waals surface area contributed by atoms with E-state index in [-0.39, 0.29) is 17.2 Å². The van der Waals surface area contributed by atoms with Crippen molar-refractivity contribution in [2.75, 3.05) is 17.7 Å². The second kappa shape index (κ2) is 8.39. The molecule has 0 aliphatic rings. The summed E-state index contributed by atoms with van der Waals surface area (Å²) in [5.41, 5.74) is 0.865. The second-order valence-electron chi connectivity index (χ2n) is 6.73. The summed E-state index contributed by atoms with van der Waals surface area (Å²) >= 11 is 4.87. The molecule has 8 nitrogen and oxygen atoms in total. The van der Waals surface area contributed by atoms with Crippen LogP contribution in [0, 0.1) is 0 Å². The van der Waals surface area contributed by atoms with Crippen LogP contribution in [0.3, 0.4) is 0 Å². The van der Waals surface area contributed by atoms with Gasteiger partial charge in [-0.25, -0.2) is 0 Å². The largest absolute Gasteiger partial charge is 0.497 e. The van der Waals surface area contributed by atoms with E-state index < -0.39 is 22.1 Å². The van der Waals surface area contributed by atoms with Gasteiger partial charge >= 0.3 is 11.3 Å². The van der Waals surface area contributed by atoms with Gasteiger partial charge in [-0.05, 0) is 53.6 Å². The van der Waals surface area contributed by atoms with E-state index in [2.05, 4.69) is 25.3 Å². The molecule has 1 heterocycles. The minimum atomic E-state index is -3.76. The molecule has 32 heavy (non-hydrogen) atoms. The molecule has 0 spiro atoms. The minimum absolute atomic E-state index is 0.0668. The topological polar surface area (TPSA) is 106 Å². The van der Waals surface area contributed by atoms with Gasteiger partial charge in [-0.3, -0.25) is 9.59 Å². The Kier molecular flexibility index (Phi) is 5.62. The van der Waals surface area contributed by atoms with E-state index in [1.807, 2.05) is 12.1 Å². The Morgan fingerprint density at radius 3 is 2.28 bits per heavy atom. The number of hydrogen-bond donors (Lipinski definition) is 2. The summed E-state index contributed by atoms with van der Waals surface area (Å²) in [6, 6.07) is 13.5. The van der Waals surface area contributed by atoms with E-state index in [0.29, 0.717) is 23.5 Å². The first-order valence-corrected chi connectivity index (χ1v) is 9.62. The van der Waals surface area contributed by atoms with Crippen LogP contribution >= 0.6 is 11.6 Å². The predicted molar refractivity (Wildman–Crippen MR) is 114 cm³/mol. The van der Waals surface area contributed by atoms with Gasteiger partial charge in [0.25, 0.3) is 10.9 Å². The van der Waals surface area contributed by atoms with Crippen LogP contribution in [0.2, 0.25) is 0 Å². The van der Waals surface area contributed by atoms with E-state index >= 15 is 0 Å². The lowest BCUT2D eigenvalue weighted by Crippen LogP contribution is -2.36. The normalized spacial score (nSPS) is 11.5. The third kappa shape index (κ3) is 4.30. The van der Waals surface area contributed by atoms with Gasteiger partial charge in [0, 0.05) is 17.8 Å². The van der Waals surface area contributed by atoms with Crippen molar-refractivity contribution >= 4 is 28.7 Å². The lowest BCUT2D eigenvalue weighted by molar-refractivity contribution is 0.0551. The maximum absolute atomic E-state index is 13.0. The highest BCUT2D eigenvalue weighted by Gasteiger charge is 2.35. The molecule has 0 fully saturated rings. The highest BCUT2D eigenvalue weighted by Crippen LogP contribution is 2.32. The number of alkyl halides is 3. The lowest BCUT2D eigenvalue weighted by atomic mass is 10.1. The molecular formula is C21H15ClF2N4O4. The summed E-state index contributed by atoms with van der Waals surface area (Å²) in [5.74, 6) is -0.363. The first-order valence-electron chi connectivity index (χ1n) is 9.24. The summed E-state index contributed by atoms with van der Waals surface area (Å²) in [7, 11) is 1.57. The highest BCUT2D eigenvalue weighted by atomic mass is 35.5. The molecule has 0 aliphatic heterocycles. The van der Waals surface area contributed by atoms with Gasteiger partial charge in [0.2, 0.25) is 5.82 Å². The zero-order valence-corrected chi connectivity index (χ0v) is 17.2. The Hall–Kier alpha value is -3.79. The van der Waals surface area contributed by atoms with Gasteiger partial charge in [-0.1, -0.05) is 17.3 Å². The van der Waals surface area contributed by atoms with Crippen molar-refractivity contribution in [2.24, 2.45) is 0 Å². The maximum Gasteiger partial charge on any atom is 0.400 e. The second-order valence-corrected chi connectivity index (χ2v) is 7.21. The van der Waals surface area contributed by atoms with Crippen LogP contribution in [0.4, 0.5) is 25.8 Å². The maximum atomic E-state index is 13.0. The van der Waals surface area contributed by atoms with Crippen LogP contribution < -0.4 is 26.2 Å². The van der Waals surface area contributed by atoms with Crippen LogP contribution in [0.5, 0.6) is 5.75 Å². The first-order chi connectivity index (χ1) is 15.3. The molecule has 3 aromatic carbocycles. The zero-order chi connectivity index (χ0) is 22.9. The SMILES string of the molecule is COc1ccc(CNc2c(Nc3ccc(-c4noc(C(F)(F)Cl)n4)cc3)c(=O)c2=O)cc1. The van der Waals surface area contributed by atoms with Crippen LogP contribution in [-0.2, 0) is 11.9 Å². The fraction of sp³-hybridized carbons (Fsp3) is 0.143. The molecule has 164 valence electrons. The van der Waals surface area contributed by atoms with Crippen molar-refractivity contribution < 1.29 is 18.0 Å². The number of nitrogens with one attached hydrogen (secondary N) is 2. The smallest absolute Gasteiger partial charge is 0.400 e. The van der Waals surface area contributed by atoms with E-state index in [1.165, 1.54) is 0 Å². The monoisotopic (exact) mass is 460 g/mol. The van der Waals surface area contributed by atoms with E-state index in [0.717, 1.165) is 5.56 Å². The molecule has 2 N–H and O–H groups in total. The molecule has 0 atom stereocenters. The average molecular weight is 461 g/mol. The molecular weight excluding hydrogens is 446 g/mol. The van der Waals surface area contributed by atoms with Crippen molar-refractivity contribution in [1.29, 1.82) is 0 Å². The number of aromatic nitrogens is 2. The summed E-state index contributed by atoms with van der Waals surface area (Å²) < 4.78 is 35.6. The van der Waals surface area contributed by atoms with Gasteiger partial charge in [0.05, 0.1) is 7.11 Å². The van der Waals surface area contributed by atoms with Crippen molar-refractivity contribution in [3.05, 3.63) is 80.4 Å².